The molecule has 2 aromatic rings. The molecule has 9 heteroatoms. The Morgan fingerprint density at radius 2 is 1.60 bits per heavy atom. The van der Waals surface area contributed by atoms with Crippen LogP contribution in [0.1, 0.15) is 40.5 Å². The minimum Gasteiger partial charge on any atom is -0.378 e. The fraction of sp³-hybridized carbons (Fsp3) is 0.619. The van der Waals surface area contributed by atoms with E-state index < -0.39 is 0 Å². The van der Waals surface area contributed by atoms with Gasteiger partial charge in [-0.25, -0.2) is 9.97 Å². The maximum Gasteiger partial charge on any atom is 0.276 e. The lowest BCUT2D eigenvalue weighted by Crippen LogP contribution is -2.49. The van der Waals surface area contributed by atoms with Gasteiger partial charge in [-0.15, -0.1) is 0 Å². The van der Waals surface area contributed by atoms with Gasteiger partial charge in [0.25, 0.3) is 5.91 Å². The third-order valence-electron chi connectivity index (χ3n) is 6.19. The van der Waals surface area contributed by atoms with Crippen LogP contribution in [0.25, 0.3) is 0 Å². The Bertz CT molecular complexity index is 915. The quantitative estimate of drug-likeness (QED) is 0.749. The molecule has 0 atom stereocenters. The first-order valence-electron chi connectivity index (χ1n) is 10.9. The van der Waals surface area contributed by atoms with Crippen molar-refractivity contribution in [2.24, 2.45) is 0 Å². The van der Waals surface area contributed by atoms with E-state index in [0.717, 1.165) is 93.9 Å². The molecular weight excluding hydrogens is 384 g/mol. The van der Waals surface area contributed by atoms with Crippen molar-refractivity contribution < 1.29 is 14.1 Å². The van der Waals surface area contributed by atoms with Crippen LogP contribution in [-0.4, -0.2) is 78.4 Å². The number of aromatic nitrogens is 3. The van der Waals surface area contributed by atoms with Gasteiger partial charge in [-0.3, -0.25) is 4.79 Å². The summed E-state index contributed by atoms with van der Waals surface area (Å²) in [4.78, 5) is 28.7. The molecule has 0 unspecified atom stereocenters. The molecule has 30 heavy (non-hydrogen) atoms. The first kappa shape index (κ1) is 19.3. The van der Waals surface area contributed by atoms with Crippen molar-refractivity contribution in [1.29, 1.82) is 0 Å². The SMILES string of the molecule is Cc1nc(N2CCOCC2)cc(N2CCN(C(=O)c3noc4c3CCCC4)CC2)n1. The summed E-state index contributed by atoms with van der Waals surface area (Å²) in [6.45, 7) is 7.86. The number of fused-ring (bicyclic) bond motifs is 1. The molecule has 0 N–H and O–H groups in total. The second kappa shape index (κ2) is 8.22. The van der Waals surface area contributed by atoms with Crippen molar-refractivity contribution in [3.05, 3.63) is 28.9 Å². The van der Waals surface area contributed by atoms with Crippen molar-refractivity contribution in [3.63, 3.8) is 0 Å². The molecular formula is C21H28N6O3. The van der Waals surface area contributed by atoms with Crippen LogP contribution in [0, 0.1) is 6.92 Å². The van der Waals surface area contributed by atoms with Gasteiger partial charge in [-0.2, -0.15) is 0 Å². The molecule has 0 aromatic carbocycles. The zero-order valence-corrected chi connectivity index (χ0v) is 17.5. The Balaban J connectivity index is 1.26. The van der Waals surface area contributed by atoms with E-state index in [1.807, 2.05) is 11.8 Å². The third-order valence-corrected chi connectivity index (χ3v) is 6.19. The zero-order chi connectivity index (χ0) is 20.5. The van der Waals surface area contributed by atoms with E-state index in [1.165, 1.54) is 0 Å². The summed E-state index contributed by atoms with van der Waals surface area (Å²) in [6.07, 6.45) is 3.99. The van der Waals surface area contributed by atoms with Gasteiger partial charge in [0.05, 0.1) is 13.2 Å². The maximum absolute atomic E-state index is 13.0. The number of hydrogen-bond donors (Lipinski definition) is 0. The first-order chi connectivity index (χ1) is 14.7. The largest absolute Gasteiger partial charge is 0.378 e. The Morgan fingerprint density at radius 3 is 2.33 bits per heavy atom. The molecule has 0 saturated carbocycles. The van der Waals surface area contributed by atoms with Gasteiger partial charge in [-0.05, 0) is 26.2 Å². The number of anilines is 2. The van der Waals surface area contributed by atoms with Crippen LogP contribution in [0.5, 0.6) is 0 Å². The molecule has 2 aliphatic heterocycles. The Kier molecular flexibility index (Phi) is 5.28. The molecule has 0 radical (unpaired) electrons. The maximum atomic E-state index is 13.0. The molecule has 1 aliphatic carbocycles. The standard InChI is InChI=1S/C21H28N6O3/c1-15-22-18(14-19(23-15)26-10-12-29-13-11-26)25-6-8-27(9-7-25)21(28)20-16-4-2-3-5-17(16)30-24-20/h14H,2-13H2,1H3. The highest BCUT2D eigenvalue weighted by atomic mass is 16.5. The molecule has 4 heterocycles. The summed E-state index contributed by atoms with van der Waals surface area (Å²) in [7, 11) is 0. The first-order valence-corrected chi connectivity index (χ1v) is 10.9. The van der Waals surface area contributed by atoms with Gasteiger partial charge in [0.15, 0.2) is 5.69 Å². The monoisotopic (exact) mass is 412 g/mol. The van der Waals surface area contributed by atoms with Crippen LogP contribution in [0.3, 0.4) is 0 Å². The predicted octanol–water partition coefficient (Wildman–Crippen LogP) is 1.45. The highest BCUT2D eigenvalue weighted by Gasteiger charge is 2.30. The Morgan fingerprint density at radius 1 is 0.933 bits per heavy atom. The van der Waals surface area contributed by atoms with E-state index in [9.17, 15) is 4.79 Å². The molecule has 3 aliphatic rings. The third kappa shape index (κ3) is 3.74. The zero-order valence-electron chi connectivity index (χ0n) is 17.5. The van der Waals surface area contributed by atoms with Gasteiger partial charge < -0.3 is 24.0 Å². The van der Waals surface area contributed by atoms with E-state index in [2.05, 4.69) is 31.0 Å². The van der Waals surface area contributed by atoms with Crippen LogP contribution in [0.2, 0.25) is 0 Å². The fourth-order valence-electron chi connectivity index (χ4n) is 4.49. The van der Waals surface area contributed by atoms with Crippen molar-refractivity contribution in [2.45, 2.75) is 32.6 Å². The van der Waals surface area contributed by atoms with E-state index in [1.54, 1.807) is 0 Å². The molecule has 160 valence electrons. The number of carbonyl (C=O) groups excluding carboxylic acids is 1. The highest BCUT2D eigenvalue weighted by molar-refractivity contribution is 5.94. The molecule has 2 aromatic heterocycles. The van der Waals surface area contributed by atoms with Crippen LogP contribution in [-0.2, 0) is 17.6 Å². The van der Waals surface area contributed by atoms with Crippen LogP contribution in [0.15, 0.2) is 10.6 Å². The van der Waals surface area contributed by atoms with Crippen molar-refractivity contribution in [2.75, 3.05) is 62.3 Å². The average Bonchev–Trinajstić information content (AvgIpc) is 3.23. The number of carbonyl (C=O) groups is 1. The number of aryl methyl sites for hydroxylation is 2. The fourth-order valence-corrected chi connectivity index (χ4v) is 4.49. The second-order valence-electron chi connectivity index (χ2n) is 8.15. The van der Waals surface area contributed by atoms with E-state index in [0.29, 0.717) is 18.8 Å². The molecule has 2 fully saturated rings. The smallest absolute Gasteiger partial charge is 0.276 e. The molecule has 0 bridgehead atoms. The number of rotatable bonds is 3. The van der Waals surface area contributed by atoms with Gasteiger partial charge >= 0.3 is 0 Å². The van der Waals surface area contributed by atoms with Gasteiger partial charge in [-0.1, -0.05) is 5.16 Å². The number of morpholine rings is 1. The molecule has 1 amide bonds. The Labute approximate surface area is 176 Å². The summed E-state index contributed by atoms with van der Waals surface area (Å²) in [5.74, 6) is 3.54. The summed E-state index contributed by atoms with van der Waals surface area (Å²) in [6, 6.07) is 2.06. The molecule has 0 spiro atoms. The normalized spacial score (nSPS) is 19.7. The van der Waals surface area contributed by atoms with Gasteiger partial charge in [0.1, 0.15) is 23.2 Å². The van der Waals surface area contributed by atoms with Crippen LogP contribution in [0.4, 0.5) is 11.6 Å². The topological polar surface area (TPSA) is 87.8 Å². The minimum absolute atomic E-state index is 0.00516. The number of piperazine rings is 1. The summed E-state index contributed by atoms with van der Waals surface area (Å²) in [5, 5.41) is 4.11. The summed E-state index contributed by atoms with van der Waals surface area (Å²) in [5.41, 5.74) is 1.54. The lowest BCUT2D eigenvalue weighted by Gasteiger charge is -2.36. The summed E-state index contributed by atoms with van der Waals surface area (Å²) < 4.78 is 10.9. The second-order valence-corrected chi connectivity index (χ2v) is 8.15. The molecule has 5 rings (SSSR count). The van der Waals surface area contributed by atoms with Crippen LogP contribution < -0.4 is 9.80 Å². The van der Waals surface area contributed by atoms with Crippen molar-refractivity contribution in [3.8, 4) is 0 Å². The molecule has 9 nitrogen and oxygen atoms in total. The van der Waals surface area contributed by atoms with E-state index in [-0.39, 0.29) is 5.91 Å². The van der Waals surface area contributed by atoms with Crippen molar-refractivity contribution in [1.82, 2.24) is 20.0 Å². The van der Waals surface area contributed by atoms with Crippen molar-refractivity contribution >= 4 is 17.5 Å². The van der Waals surface area contributed by atoms with Gasteiger partial charge in [0, 0.05) is 57.3 Å². The number of nitrogens with zero attached hydrogens (tertiary/aromatic N) is 6. The summed E-state index contributed by atoms with van der Waals surface area (Å²) >= 11 is 0. The minimum atomic E-state index is -0.00516. The molecule has 2 saturated heterocycles. The average molecular weight is 412 g/mol. The number of ether oxygens (including phenoxy) is 1. The highest BCUT2D eigenvalue weighted by Crippen LogP contribution is 2.26. The van der Waals surface area contributed by atoms with E-state index >= 15 is 0 Å². The van der Waals surface area contributed by atoms with Crippen LogP contribution >= 0.6 is 0 Å². The number of hydrogen-bond acceptors (Lipinski definition) is 8. The van der Waals surface area contributed by atoms with E-state index in [4.69, 9.17) is 9.26 Å². The lowest BCUT2D eigenvalue weighted by molar-refractivity contribution is 0.0735. The Hall–Kier alpha value is -2.68. The predicted molar refractivity (Wildman–Crippen MR) is 111 cm³/mol. The lowest BCUT2D eigenvalue weighted by atomic mass is 9.96. The van der Waals surface area contributed by atoms with Gasteiger partial charge in [0.2, 0.25) is 0 Å². The number of amides is 1.